The Morgan fingerprint density at radius 2 is 1.86 bits per heavy atom. The molecule has 0 radical (unpaired) electrons. The van der Waals surface area contributed by atoms with E-state index in [4.69, 9.17) is 4.74 Å². The average molecular weight is 407 g/mol. The van der Waals surface area contributed by atoms with E-state index in [1.165, 1.54) is 0 Å². The van der Waals surface area contributed by atoms with E-state index in [9.17, 15) is 13.2 Å². The van der Waals surface area contributed by atoms with Gasteiger partial charge in [-0.2, -0.15) is 4.31 Å². The van der Waals surface area contributed by atoms with Crippen LogP contribution in [-0.2, 0) is 14.8 Å². The van der Waals surface area contributed by atoms with Gasteiger partial charge in [0.05, 0.1) is 18.1 Å². The maximum absolute atomic E-state index is 13.5. The van der Waals surface area contributed by atoms with Gasteiger partial charge in [-0.1, -0.05) is 26.8 Å². The molecular weight excluding hydrogens is 376 g/mol. The van der Waals surface area contributed by atoms with E-state index in [0.717, 1.165) is 19.3 Å². The molecule has 2 heterocycles. The van der Waals surface area contributed by atoms with Crippen LogP contribution in [-0.4, -0.2) is 62.4 Å². The Hall–Kier alpha value is -1.44. The lowest BCUT2D eigenvalue weighted by atomic mass is 9.65. The zero-order chi connectivity index (χ0) is 20.2. The topological polar surface area (TPSA) is 66.9 Å². The summed E-state index contributed by atoms with van der Waals surface area (Å²) in [7, 11) is -3.63. The number of hydrogen-bond donors (Lipinski definition) is 0. The highest BCUT2D eigenvalue weighted by Crippen LogP contribution is 2.53. The maximum atomic E-state index is 13.5. The molecule has 1 aliphatic carbocycles. The summed E-state index contributed by atoms with van der Waals surface area (Å²) in [5.41, 5.74) is 0.605. The minimum absolute atomic E-state index is 0.0285. The second kappa shape index (κ2) is 6.82. The molecule has 154 valence electrons. The molecule has 1 aromatic rings. The van der Waals surface area contributed by atoms with Gasteiger partial charge in [0, 0.05) is 31.2 Å². The number of hydrogen-bond acceptors (Lipinski definition) is 4. The summed E-state index contributed by atoms with van der Waals surface area (Å²) in [6, 6.07) is 6.57. The van der Waals surface area contributed by atoms with Gasteiger partial charge in [-0.25, -0.2) is 8.42 Å². The molecule has 3 aliphatic rings. The van der Waals surface area contributed by atoms with Crippen LogP contribution in [0, 0.1) is 10.8 Å². The first-order chi connectivity index (χ1) is 13.1. The minimum Gasteiger partial charge on any atom is -0.378 e. The highest BCUT2D eigenvalue weighted by atomic mass is 32.2. The standard InChI is InChI=1S/C21H30N2O4S/c1-20(2)12-17-13-21(3,14-20)15-23(17)28(25,26)18-6-4-5-16(11-18)19(24)22-7-9-27-10-8-22/h4-6,11,17H,7-10,12-15H2,1-3H3. The van der Waals surface area contributed by atoms with Gasteiger partial charge in [0.15, 0.2) is 0 Å². The van der Waals surface area contributed by atoms with Gasteiger partial charge in [0.1, 0.15) is 0 Å². The molecule has 28 heavy (non-hydrogen) atoms. The van der Waals surface area contributed by atoms with Crippen LogP contribution < -0.4 is 0 Å². The molecule has 4 rings (SSSR count). The summed E-state index contributed by atoms with van der Waals surface area (Å²) < 4.78 is 33.9. The van der Waals surface area contributed by atoms with Crippen molar-refractivity contribution < 1.29 is 17.9 Å². The van der Waals surface area contributed by atoms with Crippen LogP contribution in [0.1, 0.15) is 50.4 Å². The molecule has 1 saturated carbocycles. The Balaban J connectivity index is 1.61. The smallest absolute Gasteiger partial charge is 0.254 e. The Morgan fingerprint density at radius 1 is 1.14 bits per heavy atom. The number of rotatable bonds is 3. The predicted octanol–water partition coefficient (Wildman–Crippen LogP) is 2.75. The average Bonchev–Trinajstić information content (AvgIpc) is 2.91. The van der Waals surface area contributed by atoms with Gasteiger partial charge in [0.25, 0.3) is 5.91 Å². The molecule has 0 N–H and O–H groups in total. The van der Waals surface area contributed by atoms with Gasteiger partial charge in [0.2, 0.25) is 10.0 Å². The highest BCUT2D eigenvalue weighted by Gasteiger charge is 2.53. The quantitative estimate of drug-likeness (QED) is 0.774. The van der Waals surface area contributed by atoms with E-state index < -0.39 is 10.0 Å². The maximum Gasteiger partial charge on any atom is 0.254 e. The molecule has 0 aromatic heterocycles. The second-order valence-corrected chi connectivity index (χ2v) is 11.6. The third-order valence-corrected chi connectivity index (χ3v) is 8.25. The van der Waals surface area contributed by atoms with E-state index in [0.29, 0.717) is 38.4 Å². The van der Waals surface area contributed by atoms with Crippen molar-refractivity contribution in [1.29, 1.82) is 0 Å². The van der Waals surface area contributed by atoms with Crippen molar-refractivity contribution in [3.63, 3.8) is 0 Å². The largest absolute Gasteiger partial charge is 0.378 e. The molecule has 3 fully saturated rings. The van der Waals surface area contributed by atoms with Crippen LogP contribution in [0.25, 0.3) is 0 Å². The van der Waals surface area contributed by atoms with Crippen molar-refractivity contribution in [2.75, 3.05) is 32.8 Å². The third-order valence-electron chi connectivity index (χ3n) is 6.35. The highest BCUT2D eigenvalue weighted by molar-refractivity contribution is 7.89. The van der Waals surface area contributed by atoms with E-state index >= 15 is 0 Å². The number of carbonyl (C=O) groups is 1. The first-order valence-electron chi connectivity index (χ1n) is 10.1. The van der Waals surface area contributed by atoms with Crippen LogP contribution in [0.4, 0.5) is 0 Å². The minimum atomic E-state index is -3.63. The fraction of sp³-hybridized carbons (Fsp3) is 0.667. The summed E-state index contributed by atoms with van der Waals surface area (Å²) in [4.78, 5) is 14.7. The number of ether oxygens (including phenoxy) is 1. The monoisotopic (exact) mass is 406 g/mol. The predicted molar refractivity (Wildman–Crippen MR) is 107 cm³/mol. The van der Waals surface area contributed by atoms with E-state index in [2.05, 4.69) is 20.8 Å². The summed E-state index contributed by atoms with van der Waals surface area (Å²) in [5, 5.41) is 0. The number of fused-ring (bicyclic) bond motifs is 2. The normalized spacial score (nSPS) is 30.4. The first kappa shape index (κ1) is 19.9. The van der Waals surface area contributed by atoms with Gasteiger partial charge in [-0.05, 0) is 48.3 Å². The van der Waals surface area contributed by atoms with Crippen LogP contribution in [0.5, 0.6) is 0 Å². The number of morpholine rings is 1. The molecule has 0 spiro atoms. The van der Waals surface area contributed by atoms with Gasteiger partial charge < -0.3 is 9.64 Å². The number of benzene rings is 1. The molecule has 7 heteroatoms. The summed E-state index contributed by atoms with van der Waals surface area (Å²) in [5.74, 6) is -0.131. The molecule has 2 aliphatic heterocycles. The Labute approximate surface area is 167 Å². The van der Waals surface area contributed by atoms with Crippen molar-refractivity contribution in [1.82, 2.24) is 9.21 Å². The van der Waals surface area contributed by atoms with Crippen molar-refractivity contribution in [2.45, 2.75) is 51.0 Å². The summed E-state index contributed by atoms with van der Waals surface area (Å²) in [6.45, 7) is 9.35. The van der Waals surface area contributed by atoms with Crippen LogP contribution in [0.15, 0.2) is 29.2 Å². The SMILES string of the molecule is CC1(C)CC2CC(C)(CN2S(=O)(=O)c2cccc(C(=O)N3CCOCC3)c2)C1. The number of sulfonamides is 1. The van der Waals surface area contributed by atoms with E-state index in [-0.39, 0.29) is 27.7 Å². The zero-order valence-electron chi connectivity index (χ0n) is 17.0. The first-order valence-corrected chi connectivity index (χ1v) is 11.5. The second-order valence-electron chi connectivity index (χ2n) is 9.70. The van der Waals surface area contributed by atoms with Crippen LogP contribution >= 0.6 is 0 Å². The van der Waals surface area contributed by atoms with Crippen molar-refractivity contribution in [2.24, 2.45) is 10.8 Å². The number of carbonyl (C=O) groups excluding carboxylic acids is 1. The lowest BCUT2D eigenvalue weighted by molar-refractivity contribution is 0.0302. The Morgan fingerprint density at radius 3 is 2.57 bits per heavy atom. The van der Waals surface area contributed by atoms with Gasteiger partial charge in [-0.3, -0.25) is 4.79 Å². The number of amides is 1. The zero-order valence-corrected chi connectivity index (χ0v) is 17.8. The summed E-state index contributed by atoms with van der Waals surface area (Å²) >= 11 is 0. The van der Waals surface area contributed by atoms with Crippen molar-refractivity contribution in [3.8, 4) is 0 Å². The number of nitrogens with zero attached hydrogens (tertiary/aromatic N) is 2. The lowest BCUT2D eigenvalue weighted by Crippen LogP contribution is -2.41. The lowest BCUT2D eigenvalue weighted by Gasteiger charge is -2.39. The van der Waals surface area contributed by atoms with E-state index in [1.807, 2.05) is 0 Å². The van der Waals surface area contributed by atoms with Crippen LogP contribution in [0.2, 0.25) is 0 Å². The van der Waals surface area contributed by atoms with Crippen molar-refractivity contribution >= 4 is 15.9 Å². The van der Waals surface area contributed by atoms with E-state index in [1.54, 1.807) is 33.5 Å². The molecule has 2 saturated heterocycles. The molecule has 2 unspecified atom stereocenters. The summed E-state index contributed by atoms with van der Waals surface area (Å²) in [6.07, 6.45) is 2.84. The Bertz CT molecular complexity index is 876. The van der Waals surface area contributed by atoms with Crippen molar-refractivity contribution in [3.05, 3.63) is 29.8 Å². The van der Waals surface area contributed by atoms with Gasteiger partial charge in [-0.15, -0.1) is 0 Å². The molecule has 6 nitrogen and oxygen atoms in total. The molecular formula is C21H30N2O4S. The molecule has 2 atom stereocenters. The van der Waals surface area contributed by atoms with Gasteiger partial charge >= 0.3 is 0 Å². The fourth-order valence-electron chi connectivity index (χ4n) is 5.56. The third kappa shape index (κ3) is 3.60. The molecule has 1 aromatic carbocycles. The van der Waals surface area contributed by atoms with Crippen LogP contribution in [0.3, 0.4) is 0 Å². The fourth-order valence-corrected chi connectivity index (χ4v) is 7.38. The Kier molecular flexibility index (Phi) is 4.83. The molecule has 1 amide bonds. The molecule has 2 bridgehead atoms.